The predicted octanol–water partition coefficient (Wildman–Crippen LogP) is 2.37. The van der Waals surface area contributed by atoms with Gasteiger partial charge in [0.05, 0.1) is 18.5 Å². The number of aryl methyl sites for hydroxylation is 1. The molecule has 0 radical (unpaired) electrons. The lowest BCUT2D eigenvalue weighted by Crippen LogP contribution is -2.26. The highest BCUT2D eigenvalue weighted by Gasteiger charge is 2.13. The van der Waals surface area contributed by atoms with Crippen LogP contribution in [-0.2, 0) is 0 Å². The molecule has 0 amide bonds. The molecule has 112 valence electrons. The Hall–Kier alpha value is -2.60. The summed E-state index contributed by atoms with van der Waals surface area (Å²) in [6.45, 7) is 1.94. The Morgan fingerprint density at radius 1 is 1.00 bits per heavy atom. The molecule has 0 saturated heterocycles. The van der Waals surface area contributed by atoms with Gasteiger partial charge in [-0.3, -0.25) is 4.79 Å². The standard InChI is InChI=1S/C16H14N2O3S/c1-11-4-3-5-13(10-11)18-15(19)17(16(20)22-18)12-6-8-14(21-2)9-7-12/h3-10H,1-2H3. The molecule has 5 nitrogen and oxygen atoms in total. The molecule has 6 heteroatoms. The first-order valence-corrected chi connectivity index (χ1v) is 7.44. The number of hydrogen-bond donors (Lipinski definition) is 0. The Labute approximate surface area is 130 Å². The Balaban J connectivity index is 2.14. The average molecular weight is 314 g/mol. The zero-order valence-electron chi connectivity index (χ0n) is 12.1. The molecule has 0 aliphatic rings. The van der Waals surface area contributed by atoms with Crippen molar-refractivity contribution in [1.82, 2.24) is 8.52 Å². The lowest BCUT2D eigenvalue weighted by Gasteiger charge is -2.03. The van der Waals surface area contributed by atoms with Crippen LogP contribution in [0.5, 0.6) is 5.75 Å². The minimum Gasteiger partial charge on any atom is -0.497 e. The average Bonchev–Trinajstić information content (AvgIpc) is 2.82. The van der Waals surface area contributed by atoms with Crippen molar-refractivity contribution in [2.75, 3.05) is 7.11 Å². The van der Waals surface area contributed by atoms with Gasteiger partial charge in [0.25, 0.3) is 0 Å². The second kappa shape index (κ2) is 5.65. The van der Waals surface area contributed by atoms with E-state index >= 15 is 0 Å². The number of rotatable bonds is 3. The summed E-state index contributed by atoms with van der Waals surface area (Å²) in [6, 6.07) is 14.3. The van der Waals surface area contributed by atoms with Gasteiger partial charge >= 0.3 is 10.6 Å². The molecule has 0 bridgehead atoms. The van der Waals surface area contributed by atoms with Crippen molar-refractivity contribution in [3.8, 4) is 17.1 Å². The van der Waals surface area contributed by atoms with Gasteiger partial charge in [-0.05, 0) is 48.9 Å². The molecule has 0 aliphatic heterocycles. The molecule has 0 atom stereocenters. The van der Waals surface area contributed by atoms with Gasteiger partial charge in [-0.1, -0.05) is 12.1 Å². The molecule has 0 fully saturated rings. The number of ether oxygens (including phenoxy) is 1. The third-order valence-electron chi connectivity index (χ3n) is 3.28. The van der Waals surface area contributed by atoms with Gasteiger partial charge in [-0.25, -0.2) is 13.3 Å². The summed E-state index contributed by atoms with van der Waals surface area (Å²) in [4.78, 5) is 24.4. The number of nitrogens with zero attached hydrogens (tertiary/aromatic N) is 2. The van der Waals surface area contributed by atoms with Crippen molar-refractivity contribution in [3.05, 3.63) is 74.2 Å². The van der Waals surface area contributed by atoms with Crippen molar-refractivity contribution in [2.24, 2.45) is 0 Å². The Morgan fingerprint density at radius 3 is 2.36 bits per heavy atom. The van der Waals surface area contributed by atoms with Crippen molar-refractivity contribution in [3.63, 3.8) is 0 Å². The molecule has 2 aromatic carbocycles. The van der Waals surface area contributed by atoms with Gasteiger partial charge in [0.1, 0.15) is 5.75 Å². The zero-order valence-corrected chi connectivity index (χ0v) is 13.0. The topological polar surface area (TPSA) is 53.2 Å². The van der Waals surface area contributed by atoms with Crippen LogP contribution in [-0.4, -0.2) is 15.6 Å². The van der Waals surface area contributed by atoms with Gasteiger partial charge in [0, 0.05) is 11.5 Å². The minimum atomic E-state index is -0.370. The Bertz CT molecular complexity index is 920. The number of methoxy groups -OCH3 is 1. The molecule has 0 spiro atoms. The van der Waals surface area contributed by atoms with E-state index in [-0.39, 0.29) is 10.6 Å². The molecular formula is C16H14N2O3S. The third kappa shape index (κ3) is 2.48. The van der Waals surface area contributed by atoms with Crippen molar-refractivity contribution in [2.45, 2.75) is 6.92 Å². The molecule has 0 saturated carbocycles. The summed E-state index contributed by atoms with van der Waals surface area (Å²) in [5, 5.41) is 0. The molecular weight excluding hydrogens is 300 g/mol. The fourth-order valence-electron chi connectivity index (χ4n) is 2.19. The second-order valence-electron chi connectivity index (χ2n) is 4.81. The van der Waals surface area contributed by atoms with E-state index in [9.17, 15) is 9.59 Å². The number of benzene rings is 2. The second-order valence-corrected chi connectivity index (χ2v) is 5.70. The van der Waals surface area contributed by atoms with Crippen LogP contribution >= 0.6 is 11.5 Å². The van der Waals surface area contributed by atoms with Crippen LogP contribution in [0.2, 0.25) is 0 Å². The van der Waals surface area contributed by atoms with Gasteiger partial charge in [-0.2, -0.15) is 0 Å². The summed E-state index contributed by atoms with van der Waals surface area (Å²) < 4.78 is 7.65. The Kier molecular flexibility index (Phi) is 3.68. The van der Waals surface area contributed by atoms with E-state index < -0.39 is 0 Å². The SMILES string of the molecule is COc1ccc(-n2c(=O)sn(-c3cccc(C)c3)c2=O)cc1. The maximum atomic E-state index is 12.6. The quantitative estimate of drug-likeness (QED) is 0.746. The molecule has 3 rings (SSSR count). The summed E-state index contributed by atoms with van der Waals surface area (Å²) >= 11 is 0.888. The summed E-state index contributed by atoms with van der Waals surface area (Å²) in [5.41, 5.74) is 1.88. The fourth-order valence-corrected chi connectivity index (χ4v) is 2.99. The number of hydrogen-bond acceptors (Lipinski definition) is 4. The van der Waals surface area contributed by atoms with E-state index in [0.717, 1.165) is 21.7 Å². The summed E-state index contributed by atoms with van der Waals surface area (Å²) in [7, 11) is 1.57. The van der Waals surface area contributed by atoms with Crippen LogP contribution < -0.4 is 15.3 Å². The van der Waals surface area contributed by atoms with E-state index in [1.54, 1.807) is 31.4 Å². The van der Waals surface area contributed by atoms with Gasteiger partial charge in [-0.15, -0.1) is 0 Å². The summed E-state index contributed by atoms with van der Waals surface area (Å²) in [5.74, 6) is 0.672. The van der Waals surface area contributed by atoms with Gasteiger partial charge in [0.2, 0.25) is 0 Å². The van der Waals surface area contributed by atoms with E-state index in [1.165, 1.54) is 3.96 Å². The lowest BCUT2D eigenvalue weighted by atomic mass is 10.2. The van der Waals surface area contributed by atoms with Gasteiger partial charge < -0.3 is 4.74 Å². The maximum Gasteiger partial charge on any atom is 0.350 e. The van der Waals surface area contributed by atoms with E-state index in [0.29, 0.717) is 17.1 Å². The first-order valence-electron chi connectivity index (χ1n) is 6.67. The molecule has 0 aliphatic carbocycles. The predicted molar refractivity (Wildman–Crippen MR) is 86.8 cm³/mol. The van der Waals surface area contributed by atoms with Crippen LogP contribution in [0.4, 0.5) is 0 Å². The molecule has 0 unspecified atom stereocenters. The lowest BCUT2D eigenvalue weighted by molar-refractivity contribution is 0.414. The molecule has 22 heavy (non-hydrogen) atoms. The monoisotopic (exact) mass is 314 g/mol. The van der Waals surface area contributed by atoms with E-state index in [1.807, 2.05) is 31.2 Å². The van der Waals surface area contributed by atoms with Crippen LogP contribution in [0.15, 0.2) is 58.1 Å². The highest BCUT2D eigenvalue weighted by Crippen LogP contribution is 2.14. The van der Waals surface area contributed by atoms with E-state index in [4.69, 9.17) is 4.74 Å². The minimum absolute atomic E-state index is 0.323. The first-order chi connectivity index (χ1) is 10.6. The molecule has 1 heterocycles. The van der Waals surface area contributed by atoms with Crippen LogP contribution in [0.25, 0.3) is 11.4 Å². The normalized spacial score (nSPS) is 10.6. The van der Waals surface area contributed by atoms with Gasteiger partial charge in [0.15, 0.2) is 0 Å². The van der Waals surface area contributed by atoms with Crippen molar-refractivity contribution in [1.29, 1.82) is 0 Å². The number of aromatic nitrogens is 2. The van der Waals surface area contributed by atoms with Crippen molar-refractivity contribution < 1.29 is 4.74 Å². The fraction of sp³-hybridized carbons (Fsp3) is 0.125. The largest absolute Gasteiger partial charge is 0.497 e. The first kappa shape index (κ1) is 14.3. The third-order valence-corrected chi connectivity index (χ3v) is 4.17. The maximum absolute atomic E-state index is 12.6. The van der Waals surface area contributed by atoms with Crippen LogP contribution in [0.3, 0.4) is 0 Å². The van der Waals surface area contributed by atoms with Crippen LogP contribution in [0, 0.1) is 6.92 Å². The molecule has 1 aromatic heterocycles. The van der Waals surface area contributed by atoms with Crippen molar-refractivity contribution >= 4 is 11.5 Å². The Morgan fingerprint density at radius 2 is 1.73 bits per heavy atom. The summed E-state index contributed by atoms with van der Waals surface area (Å²) in [6.07, 6.45) is 0. The smallest absolute Gasteiger partial charge is 0.350 e. The molecule has 0 N–H and O–H groups in total. The highest BCUT2D eigenvalue weighted by molar-refractivity contribution is 7.03. The van der Waals surface area contributed by atoms with Crippen LogP contribution in [0.1, 0.15) is 5.56 Å². The molecule has 3 aromatic rings. The van der Waals surface area contributed by atoms with E-state index in [2.05, 4.69) is 0 Å². The zero-order chi connectivity index (χ0) is 15.7. The highest BCUT2D eigenvalue weighted by atomic mass is 32.1.